The first kappa shape index (κ1) is 19.2. The Bertz CT molecular complexity index is 875. The lowest BCUT2D eigenvalue weighted by Gasteiger charge is -2.43. The Labute approximate surface area is 161 Å². The minimum atomic E-state index is -1.13. The van der Waals surface area contributed by atoms with Crippen molar-refractivity contribution in [2.75, 3.05) is 6.61 Å². The van der Waals surface area contributed by atoms with Crippen LogP contribution in [-0.2, 0) is 20.8 Å². The Kier molecular flexibility index (Phi) is 5.78. The summed E-state index contributed by atoms with van der Waals surface area (Å²) in [6.45, 7) is 1.16. The van der Waals surface area contributed by atoms with Crippen molar-refractivity contribution in [2.24, 2.45) is 0 Å². The summed E-state index contributed by atoms with van der Waals surface area (Å²) >= 11 is 0. The number of benzene rings is 1. The number of hydrogen-bond donors (Lipinski definition) is 2. The number of aliphatic carboxylic acids is 1. The normalized spacial score (nSPS) is 18.5. The van der Waals surface area contributed by atoms with Gasteiger partial charge in [0.25, 0.3) is 11.8 Å². The van der Waals surface area contributed by atoms with Gasteiger partial charge in [0.2, 0.25) is 0 Å². The van der Waals surface area contributed by atoms with Gasteiger partial charge in [0.1, 0.15) is 23.6 Å². The highest BCUT2D eigenvalue weighted by Gasteiger charge is 2.47. The molecule has 0 aliphatic carbocycles. The number of furan rings is 1. The lowest BCUT2D eigenvalue weighted by Crippen LogP contribution is -2.65. The fourth-order valence-electron chi connectivity index (χ4n) is 2.84. The van der Waals surface area contributed by atoms with Crippen molar-refractivity contribution in [3.8, 4) is 5.75 Å². The van der Waals surface area contributed by atoms with Crippen LogP contribution in [-0.4, -0.2) is 46.5 Å². The molecule has 1 aromatic carbocycles. The van der Waals surface area contributed by atoms with Gasteiger partial charge in [0, 0.05) is 6.42 Å². The zero-order valence-corrected chi connectivity index (χ0v) is 15.2. The van der Waals surface area contributed by atoms with Crippen LogP contribution in [0.25, 0.3) is 0 Å². The van der Waals surface area contributed by atoms with E-state index in [1.807, 2.05) is 6.07 Å². The van der Waals surface area contributed by atoms with Crippen LogP contribution in [0.1, 0.15) is 12.7 Å². The Hall–Kier alpha value is -3.55. The largest absolute Gasteiger partial charge is 0.484 e. The second-order valence-electron chi connectivity index (χ2n) is 6.24. The number of nitrogens with one attached hydrogen (secondary N) is 1. The molecule has 28 heavy (non-hydrogen) atoms. The van der Waals surface area contributed by atoms with Crippen LogP contribution in [0.3, 0.4) is 0 Å². The lowest BCUT2D eigenvalue weighted by molar-refractivity contribution is -0.154. The number of carboxylic acids is 1. The van der Waals surface area contributed by atoms with Gasteiger partial charge in [-0.05, 0) is 31.2 Å². The maximum atomic E-state index is 12.4. The molecule has 1 saturated heterocycles. The molecule has 0 saturated carbocycles. The van der Waals surface area contributed by atoms with Crippen molar-refractivity contribution in [3.05, 3.63) is 66.3 Å². The van der Waals surface area contributed by atoms with E-state index in [2.05, 4.69) is 5.32 Å². The van der Waals surface area contributed by atoms with Crippen LogP contribution in [0.5, 0.6) is 5.75 Å². The molecule has 2 heterocycles. The maximum Gasteiger partial charge on any atom is 0.326 e. The van der Waals surface area contributed by atoms with Gasteiger partial charge in [-0.1, -0.05) is 24.3 Å². The molecule has 1 aliphatic heterocycles. The van der Waals surface area contributed by atoms with Gasteiger partial charge >= 0.3 is 5.97 Å². The number of amides is 2. The van der Waals surface area contributed by atoms with Gasteiger partial charge in [0.05, 0.1) is 12.0 Å². The third-order valence-corrected chi connectivity index (χ3v) is 4.31. The summed E-state index contributed by atoms with van der Waals surface area (Å²) in [7, 11) is 0. The van der Waals surface area contributed by atoms with Crippen LogP contribution in [0.4, 0.5) is 0 Å². The highest BCUT2D eigenvalue weighted by Crippen LogP contribution is 2.28. The Morgan fingerprint density at radius 3 is 2.68 bits per heavy atom. The summed E-state index contributed by atoms with van der Waals surface area (Å²) in [5.41, 5.74) is 0.421. The number of carboxylic acid groups (broad SMARTS) is 1. The highest BCUT2D eigenvalue weighted by molar-refractivity contribution is 6.00. The SMILES string of the molecule is CC(C(=O)O)N1C(=O)[C@@H](NC(=O)COc2ccccc2)C1=CCc1ccco1. The molecule has 2 N–H and O–H groups in total. The van der Waals surface area contributed by atoms with Gasteiger partial charge < -0.3 is 19.6 Å². The minimum Gasteiger partial charge on any atom is -0.484 e. The molecule has 2 atom stereocenters. The smallest absolute Gasteiger partial charge is 0.326 e. The van der Waals surface area contributed by atoms with E-state index in [1.165, 1.54) is 13.2 Å². The quantitative estimate of drug-likeness (QED) is 0.669. The number of para-hydroxylation sites is 1. The third kappa shape index (κ3) is 4.22. The van der Waals surface area contributed by atoms with Gasteiger partial charge in [-0.2, -0.15) is 0 Å². The van der Waals surface area contributed by atoms with Crippen molar-refractivity contribution < 1.29 is 28.6 Å². The summed E-state index contributed by atoms with van der Waals surface area (Å²) in [5, 5.41) is 11.8. The molecule has 3 rings (SSSR count). The standard InChI is InChI=1S/C20H20N2O6/c1-13(20(25)26)22-16(10-9-15-8-5-11-27-15)18(19(22)24)21-17(23)12-28-14-6-3-2-4-7-14/h2-8,10-11,13,18H,9,12H2,1H3,(H,21,23)(H,25,26)/t13?,18-/m0/s1. The number of hydrogen-bond acceptors (Lipinski definition) is 5. The number of rotatable bonds is 8. The van der Waals surface area contributed by atoms with Crippen LogP contribution in [0.2, 0.25) is 0 Å². The lowest BCUT2D eigenvalue weighted by atomic mass is 9.97. The monoisotopic (exact) mass is 384 g/mol. The molecule has 1 aliphatic rings. The van der Waals surface area contributed by atoms with Gasteiger partial charge in [-0.3, -0.25) is 14.5 Å². The van der Waals surface area contributed by atoms with Gasteiger partial charge in [-0.15, -0.1) is 0 Å². The van der Waals surface area contributed by atoms with E-state index in [0.717, 1.165) is 4.90 Å². The zero-order chi connectivity index (χ0) is 20.1. The first-order valence-electron chi connectivity index (χ1n) is 8.73. The van der Waals surface area contributed by atoms with Gasteiger partial charge in [-0.25, -0.2) is 4.79 Å². The van der Waals surface area contributed by atoms with Crippen molar-refractivity contribution in [1.29, 1.82) is 0 Å². The molecule has 1 fully saturated rings. The van der Waals surface area contributed by atoms with Crippen LogP contribution < -0.4 is 10.1 Å². The number of carbonyl (C=O) groups excluding carboxylic acids is 2. The average molecular weight is 384 g/mol. The molecule has 2 aromatic rings. The first-order valence-corrected chi connectivity index (χ1v) is 8.73. The molecular weight excluding hydrogens is 364 g/mol. The van der Waals surface area contributed by atoms with Crippen molar-refractivity contribution in [2.45, 2.75) is 25.4 Å². The fraction of sp³-hybridized carbons (Fsp3) is 0.250. The first-order chi connectivity index (χ1) is 13.5. The summed E-state index contributed by atoms with van der Waals surface area (Å²) in [5.74, 6) is -0.892. The van der Waals surface area contributed by atoms with E-state index < -0.39 is 29.9 Å². The number of allylic oxidation sites excluding steroid dienone is 1. The Balaban J connectivity index is 1.67. The average Bonchev–Trinajstić information content (AvgIpc) is 3.21. The Morgan fingerprint density at radius 2 is 2.04 bits per heavy atom. The van der Waals surface area contributed by atoms with E-state index in [1.54, 1.807) is 42.5 Å². The summed E-state index contributed by atoms with van der Waals surface area (Å²) in [6, 6.07) is 10.4. The minimum absolute atomic E-state index is 0.256. The van der Waals surface area contributed by atoms with Crippen LogP contribution in [0, 0.1) is 0 Å². The van der Waals surface area contributed by atoms with E-state index >= 15 is 0 Å². The van der Waals surface area contributed by atoms with Gasteiger partial charge in [0.15, 0.2) is 6.61 Å². The molecule has 1 aromatic heterocycles. The molecule has 146 valence electrons. The van der Waals surface area contributed by atoms with E-state index in [4.69, 9.17) is 9.15 Å². The molecular formula is C20H20N2O6. The van der Waals surface area contributed by atoms with Crippen molar-refractivity contribution in [1.82, 2.24) is 10.2 Å². The summed E-state index contributed by atoms with van der Waals surface area (Å²) in [6.07, 6.45) is 3.57. The predicted molar refractivity (Wildman–Crippen MR) is 98.3 cm³/mol. The molecule has 8 heteroatoms. The van der Waals surface area contributed by atoms with Crippen LogP contribution >= 0.6 is 0 Å². The van der Waals surface area contributed by atoms with E-state index in [-0.39, 0.29) is 6.61 Å². The fourth-order valence-corrected chi connectivity index (χ4v) is 2.84. The van der Waals surface area contributed by atoms with E-state index in [0.29, 0.717) is 23.6 Å². The third-order valence-electron chi connectivity index (χ3n) is 4.31. The van der Waals surface area contributed by atoms with Crippen molar-refractivity contribution >= 4 is 17.8 Å². The van der Waals surface area contributed by atoms with Crippen LogP contribution in [0.15, 0.2) is 64.9 Å². The molecule has 0 radical (unpaired) electrons. The highest BCUT2D eigenvalue weighted by atomic mass is 16.5. The van der Waals surface area contributed by atoms with Crippen molar-refractivity contribution in [3.63, 3.8) is 0 Å². The maximum absolute atomic E-state index is 12.4. The topological polar surface area (TPSA) is 109 Å². The number of likely N-dealkylation sites (tertiary alicyclic amines) is 1. The number of nitrogens with zero attached hydrogens (tertiary/aromatic N) is 1. The molecule has 2 amide bonds. The molecule has 0 spiro atoms. The zero-order valence-electron chi connectivity index (χ0n) is 15.2. The second-order valence-corrected chi connectivity index (χ2v) is 6.24. The number of ether oxygens (including phenoxy) is 1. The van der Waals surface area contributed by atoms with E-state index in [9.17, 15) is 19.5 Å². The molecule has 8 nitrogen and oxygen atoms in total. The second kappa shape index (κ2) is 8.43. The summed E-state index contributed by atoms with van der Waals surface area (Å²) in [4.78, 5) is 37.1. The predicted octanol–water partition coefficient (Wildman–Crippen LogP) is 1.59. The number of β-lactam (4-membered cyclic amide) rings is 1. The molecule has 1 unspecified atom stereocenters. The summed E-state index contributed by atoms with van der Waals surface area (Å²) < 4.78 is 10.6. The molecule has 0 bridgehead atoms. The number of carbonyl (C=O) groups is 3. The Morgan fingerprint density at radius 1 is 1.29 bits per heavy atom.